The molecule has 0 bridgehead atoms. The van der Waals surface area contributed by atoms with Crippen LogP contribution in [0.25, 0.3) is 0 Å². The Bertz CT molecular complexity index is 348. The molecule has 1 aliphatic carbocycles. The second-order valence-corrected chi connectivity index (χ2v) is 3.84. The molecule has 3 heteroatoms. The molecule has 14 heavy (non-hydrogen) atoms. The molecule has 0 spiro atoms. The largest absolute Gasteiger partial charge is 0.416 e. The van der Waals surface area contributed by atoms with Gasteiger partial charge in [0.05, 0.1) is 5.56 Å². The van der Waals surface area contributed by atoms with Crippen LogP contribution < -0.4 is 0 Å². The predicted molar refractivity (Wildman–Crippen MR) is 48.2 cm³/mol. The van der Waals surface area contributed by atoms with Gasteiger partial charge in [-0.1, -0.05) is 6.07 Å². The first-order valence-corrected chi connectivity index (χ1v) is 4.66. The van der Waals surface area contributed by atoms with Gasteiger partial charge in [0, 0.05) is 0 Å². The maximum absolute atomic E-state index is 12.4. The Morgan fingerprint density at radius 3 is 2.36 bits per heavy atom. The van der Waals surface area contributed by atoms with E-state index in [9.17, 15) is 13.2 Å². The van der Waals surface area contributed by atoms with E-state index in [1.807, 2.05) is 6.92 Å². The first-order chi connectivity index (χ1) is 6.48. The molecular weight excluding hydrogens is 189 g/mol. The molecule has 0 amide bonds. The van der Waals surface area contributed by atoms with Crippen LogP contribution >= 0.6 is 0 Å². The number of halogens is 3. The van der Waals surface area contributed by atoms with Gasteiger partial charge in [-0.3, -0.25) is 0 Å². The van der Waals surface area contributed by atoms with Gasteiger partial charge in [0.1, 0.15) is 0 Å². The average molecular weight is 200 g/mol. The number of rotatable bonds is 1. The molecule has 0 nitrogen and oxygen atoms in total. The topological polar surface area (TPSA) is 0 Å². The molecule has 1 saturated carbocycles. The Morgan fingerprint density at radius 2 is 1.86 bits per heavy atom. The fourth-order valence-corrected chi connectivity index (χ4v) is 1.65. The standard InChI is InChI=1S/C11H11F3/c1-7-2-5-9(11(12,13)14)6-10(7)8-3-4-8/h2,5-6,8H,3-4H2,1H3. The predicted octanol–water partition coefficient (Wildman–Crippen LogP) is 3.89. The summed E-state index contributed by atoms with van der Waals surface area (Å²) < 4.78 is 37.2. The molecule has 0 saturated heterocycles. The summed E-state index contributed by atoms with van der Waals surface area (Å²) >= 11 is 0. The summed E-state index contributed by atoms with van der Waals surface area (Å²) in [5.74, 6) is 0.372. The normalized spacial score (nSPS) is 17.1. The zero-order chi connectivity index (χ0) is 10.3. The minimum Gasteiger partial charge on any atom is -0.166 e. The highest BCUT2D eigenvalue weighted by Crippen LogP contribution is 2.43. The molecule has 0 unspecified atom stereocenters. The number of hydrogen-bond donors (Lipinski definition) is 0. The molecule has 1 fully saturated rings. The van der Waals surface area contributed by atoms with Crippen LogP contribution in [0.1, 0.15) is 35.4 Å². The highest BCUT2D eigenvalue weighted by molar-refractivity contribution is 5.37. The van der Waals surface area contributed by atoms with E-state index in [4.69, 9.17) is 0 Å². The molecule has 0 N–H and O–H groups in total. The van der Waals surface area contributed by atoms with E-state index in [1.54, 1.807) is 6.07 Å². The quantitative estimate of drug-likeness (QED) is 0.645. The first kappa shape index (κ1) is 9.56. The maximum Gasteiger partial charge on any atom is 0.416 e. The van der Waals surface area contributed by atoms with Crippen LogP contribution in [0.3, 0.4) is 0 Å². The summed E-state index contributed by atoms with van der Waals surface area (Å²) in [5, 5.41) is 0. The molecule has 2 rings (SSSR count). The first-order valence-electron chi connectivity index (χ1n) is 4.66. The van der Waals surface area contributed by atoms with Crippen molar-refractivity contribution in [3.8, 4) is 0 Å². The van der Waals surface area contributed by atoms with Crippen molar-refractivity contribution in [2.24, 2.45) is 0 Å². The van der Waals surface area contributed by atoms with Crippen LogP contribution in [0.4, 0.5) is 13.2 Å². The van der Waals surface area contributed by atoms with E-state index in [-0.39, 0.29) is 0 Å². The highest BCUT2D eigenvalue weighted by Gasteiger charge is 2.33. The maximum atomic E-state index is 12.4. The number of hydrogen-bond acceptors (Lipinski definition) is 0. The molecule has 1 aromatic rings. The second kappa shape index (κ2) is 3.01. The van der Waals surface area contributed by atoms with Crippen molar-refractivity contribution in [3.63, 3.8) is 0 Å². The van der Waals surface area contributed by atoms with E-state index in [0.717, 1.165) is 30.0 Å². The van der Waals surface area contributed by atoms with Crippen molar-refractivity contribution in [1.82, 2.24) is 0 Å². The molecule has 0 aromatic heterocycles. The summed E-state index contributed by atoms with van der Waals surface area (Å²) in [6, 6.07) is 4.02. The third kappa shape index (κ3) is 1.76. The Labute approximate surface area is 80.7 Å². The molecule has 0 heterocycles. The number of alkyl halides is 3. The zero-order valence-electron chi connectivity index (χ0n) is 7.86. The summed E-state index contributed by atoms with van der Waals surface area (Å²) in [6.45, 7) is 1.87. The van der Waals surface area contributed by atoms with Gasteiger partial charge in [0.2, 0.25) is 0 Å². The van der Waals surface area contributed by atoms with Crippen molar-refractivity contribution >= 4 is 0 Å². The molecule has 0 atom stereocenters. The van der Waals surface area contributed by atoms with Gasteiger partial charge in [-0.2, -0.15) is 13.2 Å². The van der Waals surface area contributed by atoms with Gasteiger partial charge in [0.15, 0.2) is 0 Å². The smallest absolute Gasteiger partial charge is 0.166 e. The lowest BCUT2D eigenvalue weighted by molar-refractivity contribution is -0.137. The van der Waals surface area contributed by atoms with E-state index >= 15 is 0 Å². The lowest BCUT2D eigenvalue weighted by Crippen LogP contribution is -2.05. The summed E-state index contributed by atoms with van der Waals surface area (Å²) in [4.78, 5) is 0. The summed E-state index contributed by atoms with van der Waals surface area (Å²) in [6.07, 6.45) is -2.15. The van der Waals surface area contributed by atoms with Gasteiger partial charge in [-0.05, 0) is 48.9 Å². The Kier molecular flexibility index (Phi) is 2.05. The molecule has 1 aromatic carbocycles. The van der Waals surface area contributed by atoms with Crippen molar-refractivity contribution in [3.05, 3.63) is 34.9 Å². The van der Waals surface area contributed by atoms with E-state index in [1.165, 1.54) is 6.07 Å². The van der Waals surface area contributed by atoms with Crippen LogP contribution in [0.5, 0.6) is 0 Å². The van der Waals surface area contributed by atoms with Crippen LogP contribution in [-0.4, -0.2) is 0 Å². The highest BCUT2D eigenvalue weighted by atomic mass is 19.4. The van der Waals surface area contributed by atoms with E-state index < -0.39 is 11.7 Å². The molecule has 0 radical (unpaired) electrons. The minimum absolute atomic E-state index is 0.372. The Morgan fingerprint density at radius 1 is 1.21 bits per heavy atom. The Balaban J connectivity index is 2.40. The number of aryl methyl sites for hydroxylation is 1. The molecular formula is C11H11F3. The fraction of sp³-hybridized carbons (Fsp3) is 0.455. The summed E-state index contributed by atoms with van der Waals surface area (Å²) in [5.41, 5.74) is 1.32. The molecule has 1 aliphatic rings. The van der Waals surface area contributed by atoms with Crippen LogP contribution in [-0.2, 0) is 6.18 Å². The minimum atomic E-state index is -4.21. The monoisotopic (exact) mass is 200 g/mol. The van der Waals surface area contributed by atoms with Crippen LogP contribution in [0, 0.1) is 6.92 Å². The average Bonchev–Trinajstić information content (AvgIpc) is 2.85. The van der Waals surface area contributed by atoms with Gasteiger partial charge >= 0.3 is 6.18 Å². The fourth-order valence-electron chi connectivity index (χ4n) is 1.65. The van der Waals surface area contributed by atoms with E-state index in [2.05, 4.69) is 0 Å². The lowest BCUT2D eigenvalue weighted by atomic mass is 10.0. The van der Waals surface area contributed by atoms with Gasteiger partial charge < -0.3 is 0 Å². The van der Waals surface area contributed by atoms with Gasteiger partial charge in [-0.25, -0.2) is 0 Å². The van der Waals surface area contributed by atoms with E-state index in [0.29, 0.717) is 5.92 Å². The summed E-state index contributed by atoms with van der Waals surface area (Å²) in [7, 11) is 0. The van der Waals surface area contributed by atoms with Gasteiger partial charge in [-0.15, -0.1) is 0 Å². The van der Waals surface area contributed by atoms with Crippen molar-refractivity contribution in [1.29, 1.82) is 0 Å². The van der Waals surface area contributed by atoms with Crippen LogP contribution in [0.2, 0.25) is 0 Å². The Hall–Kier alpha value is -0.990. The third-order valence-corrected chi connectivity index (χ3v) is 2.62. The van der Waals surface area contributed by atoms with Crippen molar-refractivity contribution in [2.75, 3.05) is 0 Å². The lowest BCUT2D eigenvalue weighted by Gasteiger charge is -2.10. The number of benzene rings is 1. The van der Waals surface area contributed by atoms with Crippen molar-refractivity contribution < 1.29 is 13.2 Å². The second-order valence-electron chi connectivity index (χ2n) is 3.84. The van der Waals surface area contributed by atoms with Crippen molar-refractivity contribution in [2.45, 2.75) is 31.9 Å². The van der Waals surface area contributed by atoms with Crippen LogP contribution in [0.15, 0.2) is 18.2 Å². The zero-order valence-corrected chi connectivity index (χ0v) is 7.86. The molecule has 76 valence electrons. The SMILES string of the molecule is Cc1ccc(C(F)(F)F)cc1C1CC1. The third-order valence-electron chi connectivity index (χ3n) is 2.62. The molecule has 0 aliphatic heterocycles. The van der Waals surface area contributed by atoms with Gasteiger partial charge in [0.25, 0.3) is 0 Å².